The number of hydrogen-bond donors (Lipinski definition) is 2. The predicted octanol–water partition coefficient (Wildman–Crippen LogP) is 1.83. The zero-order valence-corrected chi connectivity index (χ0v) is 10.7. The van der Waals surface area contributed by atoms with Crippen molar-refractivity contribution in [2.45, 2.75) is 0 Å². The standard InChI is InChI=1S/C15H13N5/c16-9-11-4-6-13(7-5-11)14-3-1-2-12(8-14)10-19-20-15(17)18/h1-8,10H,(H4,17,18,20). The third-order valence-electron chi connectivity index (χ3n) is 2.61. The molecule has 0 saturated heterocycles. The molecule has 5 heteroatoms. The largest absolute Gasteiger partial charge is 0.369 e. The second kappa shape index (κ2) is 6.16. The van der Waals surface area contributed by atoms with Crippen molar-refractivity contribution in [3.8, 4) is 17.2 Å². The molecule has 0 fully saturated rings. The van der Waals surface area contributed by atoms with Crippen molar-refractivity contribution in [1.82, 2.24) is 0 Å². The monoisotopic (exact) mass is 263 g/mol. The molecule has 4 N–H and O–H groups in total. The molecule has 0 unspecified atom stereocenters. The van der Waals surface area contributed by atoms with E-state index in [9.17, 15) is 0 Å². The Balaban J connectivity index is 2.27. The van der Waals surface area contributed by atoms with Crippen LogP contribution in [0.4, 0.5) is 0 Å². The fraction of sp³-hybridized carbons (Fsp3) is 0. The average Bonchev–Trinajstić information content (AvgIpc) is 2.47. The summed E-state index contributed by atoms with van der Waals surface area (Å²) in [7, 11) is 0. The van der Waals surface area contributed by atoms with Gasteiger partial charge < -0.3 is 11.5 Å². The van der Waals surface area contributed by atoms with Crippen LogP contribution in [0, 0.1) is 11.3 Å². The average molecular weight is 263 g/mol. The van der Waals surface area contributed by atoms with Gasteiger partial charge in [-0.15, -0.1) is 5.10 Å². The Hall–Kier alpha value is -3.13. The Bertz CT molecular complexity index is 689. The summed E-state index contributed by atoms with van der Waals surface area (Å²) in [6.45, 7) is 0. The Kier molecular flexibility index (Phi) is 4.10. The SMILES string of the molecule is N#Cc1ccc(-c2cccc(C=NN=C(N)N)c2)cc1. The van der Waals surface area contributed by atoms with Crippen LogP contribution in [-0.4, -0.2) is 12.2 Å². The molecule has 98 valence electrons. The summed E-state index contributed by atoms with van der Waals surface area (Å²) in [6.07, 6.45) is 1.58. The normalized spacial score (nSPS) is 10.2. The van der Waals surface area contributed by atoms with Crippen LogP contribution in [0.1, 0.15) is 11.1 Å². The van der Waals surface area contributed by atoms with Crippen LogP contribution in [-0.2, 0) is 0 Å². The fourth-order valence-electron chi connectivity index (χ4n) is 1.70. The first-order chi connectivity index (χ1) is 9.69. The highest BCUT2D eigenvalue weighted by molar-refractivity contribution is 5.83. The molecule has 0 atom stereocenters. The van der Waals surface area contributed by atoms with E-state index in [-0.39, 0.29) is 5.96 Å². The van der Waals surface area contributed by atoms with Crippen molar-refractivity contribution < 1.29 is 0 Å². The van der Waals surface area contributed by atoms with Gasteiger partial charge in [-0.25, -0.2) is 0 Å². The van der Waals surface area contributed by atoms with Crippen molar-refractivity contribution in [3.63, 3.8) is 0 Å². The summed E-state index contributed by atoms with van der Waals surface area (Å²) < 4.78 is 0. The number of guanidine groups is 1. The Labute approximate surface area is 116 Å². The maximum Gasteiger partial charge on any atom is 0.211 e. The van der Waals surface area contributed by atoms with Crippen LogP contribution >= 0.6 is 0 Å². The molecule has 20 heavy (non-hydrogen) atoms. The van der Waals surface area contributed by atoms with Gasteiger partial charge >= 0.3 is 0 Å². The zero-order valence-electron chi connectivity index (χ0n) is 10.7. The lowest BCUT2D eigenvalue weighted by molar-refractivity contribution is 1.21. The van der Waals surface area contributed by atoms with E-state index in [1.54, 1.807) is 18.3 Å². The van der Waals surface area contributed by atoms with Gasteiger partial charge in [0.25, 0.3) is 0 Å². The van der Waals surface area contributed by atoms with Crippen LogP contribution in [0.15, 0.2) is 58.7 Å². The maximum atomic E-state index is 8.78. The van der Waals surface area contributed by atoms with Crippen molar-refractivity contribution in [1.29, 1.82) is 5.26 Å². The number of nitrogens with two attached hydrogens (primary N) is 2. The summed E-state index contributed by atoms with van der Waals surface area (Å²) in [5, 5.41) is 16.1. The van der Waals surface area contributed by atoms with Gasteiger partial charge in [-0.3, -0.25) is 0 Å². The third-order valence-corrected chi connectivity index (χ3v) is 2.61. The lowest BCUT2D eigenvalue weighted by atomic mass is 10.0. The molecular weight excluding hydrogens is 250 g/mol. The summed E-state index contributed by atoms with van der Waals surface area (Å²) >= 11 is 0. The van der Waals surface area contributed by atoms with Crippen molar-refractivity contribution >= 4 is 12.2 Å². The molecule has 0 heterocycles. The van der Waals surface area contributed by atoms with Crippen LogP contribution < -0.4 is 11.5 Å². The van der Waals surface area contributed by atoms with Gasteiger partial charge in [0, 0.05) is 0 Å². The highest BCUT2D eigenvalue weighted by atomic mass is 15.3. The molecule has 0 bridgehead atoms. The van der Waals surface area contributed by atoms with Gasteiger partial charge in [0.05, 0.1) is 17.8 Å². The first kappa shape index (κ1) is 13.3. The van der Waals surface area contributed by atoms with E-state index in [0.29, 0.717) is 5.56 Å². The molecule has 2 aromatic rings. The lowest BCUT2D eigenvalue weighted by Crippen LogP contribution is -2.21. The molecule has 0 spiro atoms. The molecular formula is C15H13N5. The Morgan fingerprint density at radius 1 is 1.05 bits per heavy atom. The molecule has 0 aliphatic carbocycles. The number of rotatable bonds is 3. The Morgan fingerprint density at radius 2 is 1.80 bits per heavy atom. The molecule has 5 nitrogen and oxygen atoms in total. The molecule has 0 amide bonds. The van der Waals surface area contributed by atoms with Gasteiger partial charge in [-0.05, 0) is 34.9 Å². The van der Waals surface area contributed by atoms with Gasteiger partial charge in [-0.2, -0.15) is 10.4 Å². The quantitative estimate of drug-likeness (QED) is 0.502. The van der Waals surface area contributed by atoms with Crippen molar-refractivity contribution in [3.05, 3.63) is 59.7 Å². The van der Waals surface area contributed by atoms with Crippen LogP contribution in [0.25, 0.3) is 11.1 Å². The smallest absolute Gasteiger partial charge is 0.211 e. The van der Waals surface area contributed by atoms with Gasteiger partial charge in [0.15, 0.2) is 0 Å². The number of nitriles is 1. The number of benzene rings is 2. The Morgan fingerprint density at radius 3 is 2.45 bits per heavy atom. The van der Waals surface area contributed by atoms with E-state index in [1.807, 2.05) is 36.4 Å². The van der Waals surface area contributed by atoms with E-state index < -0.39 is 0 Å². The summed E-state index contributed by atoms with van der Waals surface area (Å²) in [6, 6.07) is 17.3. The molecule has 0 radical (unpaired) electrons. The van der Waals surface area contributed by atoms with Gasteiger partial charge in [0.2, 0.25) is 5.96 Å². The zero-order chi connectivity index (χ0) is 14.4. The minimum absolute atomic E-state index is 0.0792. The van der Waals surface area contributed by atoms with Gasteiger partial charge in [0.1, 0.15) is 0 Å². The first-order valence-corrected chi connectivity index (χ1v) is 5.91. The van der Waals surface area contributed by atoms with Crippen LogP contribution in [0.5, 0.6) is 0 Å². The lowest BCUT2D eigenvalue weighted by Gasteiger charge is -2.02. The fourth-order valence-corrected chi connectivity index (χ4v) is 1.70. The summed E-state index contributed by atoms with van der Waals surface area (Å²) in [5.74, 6) is -0.0792. The molecule has 0 aliphatic heterocycles. The summed E-state index contributed by atoms with van der Waals surface area (Å²) in [4.78, 5) is 0. The maximum absolute atomic E-state index is 8.78. The van der Waals surface area contributed by atoms with E-state index >= 15 is 0 Å². The van der Waals surface area contributed by atoms with E-state index in [1.165, 1.54) is 0 Å². The second-order valence-electron chi connectivity index (χ2n) is 4.08. The summed E-state index contributed by atoms with van der Waals surface area (Å²) in [5.41, 5.74) is 14.0. The van der Waals surface area contributed by atoms with Gasteiger partial charge in [-0.1, -0.05) is 30.3 Å². The minimum atomic E-state index is -0.0792. The molecule has 0 aromatic heterocycles. The van der Waals surface area contributed by atoms with Crippen molar-refractivity contribution in [2.75, 3.05) is 0 Å². The number of nitrogens with zero attached hydrogens (tertiary/aromatic N) is 3. The second-order valence-corrected chi connectivity index (χ2v) is 4.08. The van der Waals surface area contributed by atoms with Crippen molar-refractivity contribution in [2.24, 2.45) is 21.7 Å². The number of hydrogen-bond acceptors (Lipinski definition) is 3. The topological polar surface area (TPSA) is 101 Å². The molecule has 2 aromatic carbocycles. The highest BCUT2D eigenvalue weighted by Crippen LogP contribution is 2.20. The molecule has 0 aliphatic rings. The van der Waals surface area contributed by atoms with Crippen LogP contribution in [0.2, 0.25) is 0 Å². The minimum Gasteiger partial charge on any atom is -0.369 e. The highest BCUT2D eigenvalue weighted by Gasteiger charge is 1.98. The first-order valence-electron chi connectivity index (χ1n) is 5.91. The third kappa shape index (κ3) is 3.43. The predicted molar refractivity (Wildman–Crippen MR) is 80.0 cm³/mol. The van der Waals surface area contributed by atoms with E-state index in [0.717, 1.165) is 16.7 Å². The van der Waals surface area contributed by atoms with E-state index in [2.05, 4.69) is 16.3 Å². The van der Waals surface area contributed by atoms with E-state index in [4.69, 9.17) is 16.7 Å². The molecule has 0 saturated carbocycles. The molecule has 2 rings (SSSR count). The van der Waals surface area contributed by atoms with Crippen LogP contribution in [0.3, 0.4) is 0 Å².